The molecule has 3 aromatic rings. The lowest BCUT2D eigenvalue weighted by molar-refractivity contribution is -0.130. The van der Waals surface area contributed by atoms with Crippen LogP contribution in [0.3, 0.4) is 0 Å². The molecule has 0 spiro atoms. The Labute approximate surface area is 146 Å². The first-order valence-electron chi connectivity index (χ1n) is 8.29. The van der Waals surface area contributed by atoms with E-state index in [2.05, 4.69) is 10.1 Å². The normalized spacial score (nSPS) is 10.8. The summed E-state index contributed by atoms with van der Waals surface area (Å²) in [5.41, 5.74) is 0.919. The number of carbonyl (C=O) groups is 1. The van der Waals surface area contributed by atoms with Gasteiger partial charge in [0, 0.05) is 25.5 Å². The molecular formula is C19H21N3O3. The van der Waals surface area contributed by atoms with Crippen LogP contribution in [0.4, 0.5) is 0 Å². The van der Waals surface area contributed by atoms with E-state index in [0.717, 1.165) is 17.1 Å². The van der Waals surface area contributed by atoms with E-state index in [1.807, 2.05) is 49.4 Å². The van der Waals surface area contributed by atoms with E-state index in [1.54, 1.807) is 11.9 Å². The highest BCUT2D eigenvalue weighted by atomic mass is 16.5. The first-order chi connectivity index (χ1) is 12.1. The maximum Gasteiger partial charge on any atom is 0.226 e. The molecule has 0 N–H and O–H groups in total. The summed E-state index contributed by atoms with van der Waals surface area (Å²) < 4.78 is 10.8. The summed E-state index contributed by atoms with van der Waals surface area (Å²) in [6.45, 7) is 2.37. The molecule has 6 heteroatoms. The number of amides is 1. The topological polar surface area (TPSA) is 72.4 Å². The molecule has 1 amide bonds. The SMILES string of the molecule is Cc1ccc(CN(C)C(=O)CCCc2nc(-c3ccccc3)no2)o1. The van der Waals surface area contributed by atoms with Gasteiger partial charge < -0.3 is 13.8 Å². The van der Waals surface area contributed by atoms with Crippen LogP contribution in [0.25, 0.3) is 11.4 Å². The molecule has 2 heterocycles. The van der Waals surface area contributed by atoms with E-state index in [4.69, 9.17) is 8.94 Å². The van der Waals surface area contributed by atoms with Crippen molar-refractivity contribution in [3.8, 4) is 11.4 Å². The summed E-state index contributed by atoms with van der Waals surface area (Å²) in [4.78, 5) is 18.2. The molecule has 0 fully saturated rings. The third kappa shape index (κ3) is 4.56. The van der Waals surface area contributed by atoms with Gasteiger partial charge in [0.1, 0.15) is 11.5 Å². The van der Waals surface area contributed by atoms with E-state index in [1.165, 1.54) is 0 Å². The Morgan fingerprint density at radius 1 is 1.16 bits per heavy atom. The average molecular weight is 339 g/mol. The third-order valence-corrected chi connectivity index (χ3v) is 3.90. The fourth-order valence-electron chi connectivity index (χ4n) is 2.53. The number of furan rings is 1. The highest BCUT2D eigenvalue weighted by molar-refractivity contribution is 5.75. The zero-order valence-electron chi connectivity index (χ0n) is 14.4. The third-order valence-electron chi connectivity index (χ3n) is 3.90. The van der Waals surface area contributed by atoms with Gasteiger partial charge in [-0.2, -0.15) is 4.98 Å². The van der Waals surface area contributed by atoms with Crippen molar-refractivity contribution in [3.63, 3.8) is 0 Å². The number of hydrogen-bond donors (Lipinski definition) is 0. The number of carbonyl (C=O) groups excluding carboxylic acids is 1. The molecule has 3 rings (SSSR count). The minimum absolute atomic E-state index is 0.0665. The van der Waals surface area contributed by atoms with Crippen LogP contribution >= 0.6 is 0 Å². The van der Waals surface area contributed by atoms with Gasteiger partial charge in [-0.25, -0.2) is 0 Å². The highest BCUT2D eigenvalue weighted by Crippen LogP contribution is 2.16. The molecule has 0 aliphatic heterocycles. The Bertz CT molecular complexity index is 823. The summed E-state index contributed by atoms with van der Waals surface area (Å²) in [5.74, 6) is 2.83. The van der Waals surface area contributed by atoms with Gasteiger partial charge >= 0.3 is 0 Å². The Morgan fingerprint density at radius 3 is 2.68 bits per heavy atom. The molecule has 0 saturated heterocycles. The van der Waals surface area contributed by atoms with Crippen molar-refractivity contribution in [1.29, 1.82) is 0 Å². The Balaban J connectivity index is 1.46. The second kappa shape index (κ2) is 7.79. The van der Waals surface area contributed by atoms with E-state index in [-0.39, 0.29) is 5.91 Å². The predicted molar refractivity (Wildman–Crippen MR) is 92.6 cm³/mol. The molecule has 1 aromatic carbocycles. The predicted octanol–water partition coefficient (Wildman–Crippen LogP) is 3.62. The van der Waals surface area contributed by atoms with Gasteiger partial charge in [-0.05, 0) is 25.5 Å². The first-order valence-corrected chi connectivity index (χ1v) is 8.29. The smallest absolute Gasteiger partial charge is 0.226 e. The van der Waals surface area contributed by atoms with Crippen molar-refractivity contribution >= 4 is 5.91 Å². The Morgan fingerprint density at radius 2 is 1.96 bits per heavy atom. The summed E-state index contributed by atoms with van der Waals surface area (Å²) in [7, 11) is 1.78. The van der Waals surface area contributed by atoms with Crippen molar-refractivity contribution in [1.82, 2.24) is 15.0 Å². The summed E-state index contributed by atoms with van der Waals surface area (Å²) in [6, 6.07) is 13.5. The van der Waals surface area contributed by atoms with Crippen LogP contribution in [-0.4, -0.2) is 28.0 Å². The molecule has 0 unspecified atom stereocenters. The van der Waals surface area contributed by atoms with Gasteiger partial charge in [-0.3, -0.25) is 4.79 Å². The fourth-order valence-corrected chi connectivity index (χ4v) is 2.53. The molecule has 25 heavy (non-hydrogen) atoms. The van der Waals surface area contributed by atoms with Crippen molar-refractivity contribution in [2.75, 3.05) is 7.05 Å². The zero-order chi connectivity index (χ0) is 17.6. The van der Waals surface area contributed by atoms with Crippen LogP contribution in [0.5, 0.6) is 0 Å². The van der Waals surface area contributed by atoms with Crippen LogP contribution in [0.15, 0.2) is 51.4 Å². The van der Waals surface area contributed by atoms with Gasteiger partial charge in [-0.15, -0.1) is 0 Å². The average Bonchev–Trinajstić information content (AvgIpc) is 3.25. The second-order valence-electron chi connectivity index (χ2n) is 5.99. The second-order valence-corrected chi connectivity index (χ2v) is 5.99. The van der Waals surface area contributed by atoms with E-state index in [9.17, 15) is 4.79 Å². The zero-order valence-corrected chi connectivity index (χ0v) is 14.4. The van der Waals surface area contributed by atoms with Gasteiger partial charge in [0.15, 0.2) is 0 Å². The number of hydrogen-bond acceptors (Lipinski definition) is 5. The highest BCUT2D eigenvalue weighted by Gasteiger charge is 2.13. The van der Waals surface area contributed by atoms with E-state index >= 15 is 0 Å². The van der Waals surface area contributed by atoms with Gasteiger partial charge in [0.2, 0.25) is 17.6 Å². The van der Waals surface area contributed by atoms with E-state index < -0.39 is 0 Å². The lowest BCUT2D eigenvalue weighted by Gasteiger charge is -2.15. The van der Waals surface area contributed by atoms with Gasteiger partial charge in [-0.1, -0.05) is 35.5 Å². The van der Waals surface area contributed by atoms with Crippen molar-refractivity contribution in [2.45, 2.75) is 32.7 Å². The molecule has 2 aromatic heterocycles. The monoisotopic (exact) mass is 339 g/mol. The number of benzene rings is 1. The number of aryl methyl sites for hydroxylation is 2. The Kier molecular flexibility index (Phi) is 5.28. The van der Waals surface area contributed by atoms with Crippen LogP contribution in [-0.2, 0) is 17.8 Å². The molecule has 0 saturated carbocycles. The maximum atomic E-state index is 12.2. The molecule has 6 nitrogen and oxygen atoms in total. The molecule has 130 valence electrons. The lowest BCUT2D eigenvalue weighted by Crippen LogP contribution is -2.25. The molecule has 0 aliphatic carbocycles. The van der Waals surface area contributed by atoms with Crippen molar-refractivity contribution in [3.05, 3.63) is 59.9 Å². The number of aromatic nitrogens is 2. The quantitative estimate of drug-likeness (QED) is 0.657. The minimum Gasteiger partial charge on any atom is -0.464 e. The maximum absolute atomic E-state index is 12.2. The molecule has 0 aliphatic rings. The molecule has 0 bridgehead atoms. The van der Waals surface area contributed by atoms with Crippen molar-refractivity contribution < 1.29 is 13.7 Å². The number of nitrogens with zero attached hydrogens (tertiary/aromatic N) is 3. The lowest BCUT2D eigenvalue weighted by atomic mass is 10.2. The minimum atomic E-state index is 0.0665. The van der Waals surface area contributed by atoms with Gasteiger partial charge in [0.05, 0.1) is 6.54 Å². The first kappa shape index (κ1) is 17.0. The molecule has 0 radical (unpaired) electrons. The molecule has 0 atom stereocenters. The summed E-state index contributed by atoms with van der Waals surface area (Å²) in [6.07, 6.45) is 1.68. The molecular weight excluding hydrogens is 318 g/mol. The summed E-state index contributed by atoms with van der Waals surface area (Å²) in [5, 5.41) is 3.98. The Hall–Kier alpha value is -2.89. The largest absolute Gasteiger partial charge is 0.464 e. The van der Waals surface area contributed by atoms with Crippen LogP contribution in [0, 0.1) is 6.92 Å². The van der Waals surface area contributed by atoms with Crippen molar-refractivity contribution in [2.24, 2.45) is 0 Å². The van der Waals surface area contributed by atoms with Crippen LogP contribution in [0.2, 0.25) is 0 Å². The summed E-state index contributed by atoms with van der Waals surface area (Å²) >= 11 is 0. The number of rotatable bonds is 7. The van der Waals surface area contributed by atoms with E-state index in [0.29, 0.717) is 37.5 Å². The van der Waals surface area contributed by atoms with Crippen LogP contribution in [0.1, 0.15) is 30.3 Å². The standard InChI is InChI=1S/C19H21N3O3/c1-14-11-12-16(24-14)13-22(2)18(23)10-6-9-17-20-19(21-25-17)15-7-4-3-5-8-15/h3-5,7-8,11-12H,6,9-10,13H2,1-2H3. The van der Waals surface area contributed by atoms with Crippen LogP contribution < -0.4 is 0 Å². The fraction of sp³-hybridized carbons (Fsp3) is 0.316. The van der Waals surface area contributed by atoms with Gasteiger partial charge in [0.25, 0.3) is 0 Å².